The molecular weight excluding hydrogens is 316 g/mol. The molecule has 20 heavy (non-hydrogen) atoms. The number of halogens is 3. The van der Waals surface area contributed by atoms with Gasteiger partial charge in [0.2, 0.25) is 0 Å². The van der Waals surface area contributed by atoms with Crippen LogP contribution in [0.4, 0.5) is 4.39 Å². The first kappa shape index (κ1) is 16.2. The van der Waals surface area contributed by atoms with Crippen LogP contribution in [-0.4, -0.2) is 46.0 Å². The van der Waals surface area contributed by atoms with Crippen molar-refractivity contribution in [2.75, 3.05) is 13.1 Å². The van der Waals surface area contributed by atoms with Crippen molar-refractivity contribution in [3.63, 3.8) is 0 Å². The van der Waals surface area contributed by atoms with Gasteiger partial charge in [-0.2, -0.15) is 0 Å². The van der Waals surface area contributed by atoms with E-state index in [1.165, 1.54) is 0 Å². The molecule has 108 valence electrons. The summed E-state index contributed by atoms with van der Waals surface area (Å²) in [7, 11) is 0. The highest BCUT2D eigenvalue weighted by Gasteiger charge is 2.24. The molecule has 0 bridgehead atoms. The third-order valence-electron chi connectivity index (χ3n) is 2.18. The van der Waals surface area contributed by atoms with Crippen LogP contribution in [0.3, 0.4) is 0 Å². The number of carboxylic acids is 2. The van der Waals surface area contributed by atoms with Gasteiger partial charge in [0.1, 0.15) is 18.9 Å². The Morgan fingerprint density at radius 3 is 2.00 bits per heavy atom. The van der Waals surface area contributed by atoms with E-state index in [0.29, 0.717) is 4.90 Å². The number of carbonyl (C=O) groups is 3. The number of nitrogens with zero attached hydrogens (tertiary/aromatic N) is 1. The van der Waals surface area contributed by atoms with Gasteiger partial charge in [-0.25, -0.2) is 4.39 Å². The maximum Gasteiger partial charge on any atom is 0.323 e. The zero-order valence-electron chi connectivity index (χ0n) is 9.77. The van der Waals surface area contributed by atoms with Crippen LogP contribution in [0.2, 0.25) is 10.0 Å². The molecule has 1 aromatic carbocycles. The summed E-state index contributed by atoms with van der Waals surface area (Å²) in [5.74, 6) is -4.77. The van der Waals surface area contributed by atoms with Gasteiger partial charge in [0.25, 0.3) is 5.91 Å². The standard InChI is InChI=1S/C11H8Cl2FNO5/c12-6-2-7(13)8(14)1-5(6)11(20)15(3-9(16)17)4-10(18)19/h1-2H,3-4H2,(H,16,17)(H,18,19). The average molecular weight is 324 g/mol. The molecule has 1 amide bonds. The number of hydrogen-bond acceptors (Lipinski definition) is 3. The van der Waals surface area contributed by atoms with Gasteiger partial charge in [-0.05, 0) is 12.1 Å². The van der Waals surface area contributed by atoms with E-state index in [9.17, 15) is 18.8 Å². The first-order valence-corrected chi connectivity index (χ1v) is 5.85. The Labute approximate surface area is 122 Å². The van der Waals surface area contributed by atoms with Crippen molar-refractivity contribution in [3.8, 4) is 0 Å². The Kier molecular flexibility index (Phi) is 5.29. The van der Waals surface area contributed by atoms with Crippen LogP contribution in [0.15, 0.2) is 12.1 Å². The lowest BCUT2D eigenvalue weighted by Gasteiger charge is -2.19. The minimum Gasteiger partial charge on any atom is -0.480 e. The number of carbonyl (C=O) groups excluding carboxylic acids is 1. The number of benzene rings is 1. The van der Waals surface area contributed by atoms with Gasteiger partial charge in [-0.15, -0.1) is 0 Å². The van der Waals surface area contributed by atoms with Crippen molar-refractivity contribution < 1.29 is 29.0 Å². The second kappa shape index (κ2) is 6.53. The Morgan fingerprint density at radius 2 is 1.55 bits per heavy atom. The maximum absolute atomic E-state index is 13.3. The molecule has 1 rings (SSSR count). The fourth-order valence-corrected chi connectivity index (χ4v) is 1.85. The quantitative estimate of drug-likeness (QED) is 0.805. The lowest BCUT2D eigenvalue weighted by Crippen LogP contribution is -2.39. The molecule has 0 aliphatic rings. The predicted molar refractivity (Wildman–Crippen MR) is 67.6 cm³/mol. The normalized spacial score (nSPS) is 10.2. The van der Waals surface area contributed by atoms with Gasteiger partial charge in [0, 0.05) is 0 Å². The third kappa shape index (κ3) is 4.07. The molecule has 0 radical (unpaired) electrons. The van der Waals surface area contributed by atoms with E-state index in [1.807, 2.05) is 0 Å². The van der Waals surface area contributed by atoms with Crippen LogP contribution in [0.5, 0.6) is 0 Å². The first-order chi connectivity index (χ1) is 9.22. The van der Waals surface area contributed by atoms with Crippen LogP contribution in [0.1, 0.15) is 10.4 Å². The summed E-state index contributed by atoms with van der Waals surface area (Å²) in [6.45, 7) is -1.71. The van der Waals surface area contributed by atoms with Gasteiger partial charge >= 0.3 is 11.9 Å². The van der Waals surface area contributed by atoms with Crippen molar-refractivity contribution in [1.29, 1.82) is 0 Å². The Balaban J connectivity index is 3.14. The summed E-state index contributed by atoms with van der Waals surface area (Å²) in [5, 5.41) is 16.8. The number of hydrogen-bond donors (Lipinski definition) is 2. The van der Waals surface area contributed by atoms with Gasteiger partial charge < -0.3 is 15.1 Å². The van der Waals surface area contributed by atoms with E-state index in [4.69, 9.17) is 33.4 Å². The molecule has 0 aliphatic heterocycles. The van der Waals surface area contributed by atoms with E-state index in [2.05, 4.69) is 0 Å². The Bertz CT molecular complexity index is 562. The number of aliphatic carboxylic acids is 2. The van der Waals surface area contributed by atoms with Gasteiger partial charge in [-0.1, -0.05) is 23.2 Å². The highest BCUT2D eigenvalue weighted by atomic mass is 35.5. The summed E-state index contributed by atoms with van der Waals surface area (Å²) in [6, 6.07) is 1.70. The second-order valence-electron chi connectivity index (χ2n) is 3.69. The lowest BCUT2D eigenvalue weighted by molar-refractivity contribution is -0.140. The van der Waals surface area contributed by atoms with Crippen molar-refractivity contribution >= 4 is 41.0 Å². The molecule has 1 aromatic rings. The number of rotatable bonds is 5. The van der Waals surface area contributed by atoms with E-state index in [1.54, 1.807) is 0 Å². The molecule has 6 nitrogen and oxygen atoms in total. The van der Waals surface area contributed by atoms with Crippen LogP contribution >= 0.6 is 23.2 Å². The summed E-state index contributed by atoms with van der Waals surface area (Å²) in [4.78, 5) is 33.8. The zero-order valence-corrected chi connectivity index (χ0v) is 11.3. The lowest BCUT2D eigenvalue weighted by atomic mass is 10.2. The van der Waals surface area contributed by atoms with E-state index >= 15 is 0 Å². The first-order valence-electron chi connectivity index (χ1n) is 5.09. The molecule has 0 atom stereocenters. The van der Waals surface area contributed by atoms with Crippen molar-refractivity contribution in [1.82, 2.24) is 4.90 Å². The highest BCUT2D eigenvalue weighted by molar-refractivity contribution is 6.36. The van der Waals surface area contributed by atoms with Crippen LogP contribution < -0.4 is 0 Å². The molecular formula is C11H8Cl2FNO5. The molecule has 9 heteroatoms. The fraction of sp³-hybridized carbons (Fsp3) is 0.182. The summed E-state index contributed by atoms with van der Waals surface area (Å²) in [5.41, 5.74) is -0.365. The predicted octanol–water partition coefficient (Wildman–Crippen LogP) is 1.74. The van der Waals surface area contributed by atoms with Gasteiger partial charge in [-0.3, -0.25) is 14.4 Å². The monoisotopic (exact) mass is 323 g/mol. The van der Waals surface area contributed by atoms with E-state index in [-0.39, 0.29) is 15.6 Å². The molecule has 0 saturated carbocycles. The minimum atomic E-state index is -1.41. The van der Waals surface area contributed by atoms with Crippen LogP contribution in [0, 0.1) is 5.82 Å². The molecule has 0 saturated heterocycles. The van der Waals surface area contributed by atoms with Crippen molar-refractivity contribution in [2.24, 2.45) is 0 Å². The average Bonchev–Trinajstić information content (AvgIpc) is 2.31. The largest absolute Gasteiger partial charge is 0.480 e. The smallest absolute Gasteiger partial charge is 0.323 e. The Morgan fingerprint density at radius 1 is 1.05 bits per heavy atom. The summed E-state index contributed by atoms with van der Waals surface area (Å²) in [6.07, 6.45) is 0. The molecule has 0 aromatic heterocycles. The molecule has 0 unspecified atom stereocenters. The molecule has 2 N–H and O–H groups in total. The van der Waals surface area contributed by atoms with Crippen molar-refractivity contribution in [2.45, 2.75) is 0 Å². The summed E-state index contributed by atoms with van der Waals surface area (Å²) >= 11 is 11.2. The molecule has 0 spiro atoms. The topological polar surface area (TPSA) is 94.9 Å². The fourth-order valence-electron chi connectivity index (χ4n) is 1.38. The molecule has 0 heterocycles. The molecule has 0 aliphatic carbocycles. The van der Waals surface area contributed by atoms with Crippen molar-refractivity contribution in [3.05, 3.63) is 33.6 Å². The number of carboxylic acid groups (broad SMARTS) is 2. The number of amides is 1. The zero-order chi connectivity index (χ0) is 15.4. The van der Waals surface area contributed by atoms with E-state index < -0.39 is 36.8 Å². The van der Waals surface area contributed by atoms with Crippen LogP contribution in [-0.2, 0) is 9.59 Å². The maximum atomic E-state index is 13.3. The third-order valence-corrected chi connectivity index (χ3v) is 2.78. The SMILES string of the molecule is O=C(O)CN(CC(=O)O)C(=O)c1cc(F)c(Cl)cc1Cl. The van der Waals surface area contributed by atoms with Crippen LogP contribution in [0.25, 0.3) is 0 Å². The van der Waals surface area contributed by atoms with Gasteiger partial charge in [0.05, 0.1) is 15.6 Å². The summed E-state index contributed by atoms with van der Waals surface area (Å²) < 4.78 is 13.3. The molecule has 0 fully saturated rings. The van der Waals surface area contributed by atoms with Gasteiger partial charge in [0.15, 0.2) is 0 Å². The van der Waals surface area contributed by atoms with E-state index in [0.717, 1.165) is 12.1 Å². The second-order valence-corrected chi connectivity index (χ2v) is 4.51. The minimum absolute atomic E-state index is 0.206. The highest BCUT2D eigenvalue weighted by Crippen LogP contribution is 2.25. The Hall–Kier alpha value is -1.86.